The van der Waals surface area contributed by atoms with Gasteiger partial charge in [0.05, 0.1) is 45.2 Å². The molecule has 5 aliphatic rings. The third kappa shape index (κ3) is 8.89. The Bertz CT molecular complexity index is 1170. The van der Waals surface area contributed by atoms with Gasteiger partial charge >= 0.3 is 0 Å². The van der Waals surface area contributed by atoms with Gasteiger partial charge in [-0.3, -0.25) is 0 Å². The van der Waals surface area contributed by atoms with Crippen LogP contribution in [0.5, 0.6) is 0 Å². The van der Waals surface area contributed by atoms with E-state index in [2.05, 4.69) is 6.58 Å². The van der Waals surface area contributed by atoms with Crippen LogP contribution < -0.4 is 0 Å². The summed E-state index contributed by atoms with van der Waals surface area (Å²) in [5, 5.41) is 126. The van der Waals surface area contributed by atoms with Crippen LogP contribution in [0.1, 0.15) is 13.8 Å². The molecule has 0 saturated carbocycles. The van der Waals surface area contributed by atoms with Gasteiger partial charge in [-0.2, -0.15) is 0 Å². The molecule has 22 nitrogen and oxygen atoms in total. The highest BCUT2D eigenvalue weighted by molar-refractivity contribution is 4.99. The highest BCUT2D eigenvalue weighted by Gasteiger charge is 2.56. The lowest BCUT2D eigenvalue weighted by molar-refractivity contribution is -0.389. The van der Waals surface area contributed by atoms with Gasteiger partial charge in [0.2, 0.25) is 0 Å². The molecule has 0 amide bonds. The predicted octanol–water partition coefficient (Wildman–Crippen LogP) is -7.38. The van der Waals surface area contributed by atoms with E-state index in [4.69, 9.17) is 47.4 Å². The molecule has 22 heteroatoms. The zero-order valence-electron chi connectivity index (χ0n) is 28.9. The monoisotopic (exact) mass is 776 g/mol. The summed E-state index contributed by atoms with van der Waals surface area (Å²) in [6.45, 7) is 3.73. The molecule has 0 radical (unpaired) electrons. The fourth-order valence-corrected chi connectivity index (χ4v) is 6.62. The fourth-order valence-electron chi connectivity index (χ4n) is 6.62. The van der Waals surface area contributed by atoms with Gasteiger partial charge in [0.25, 0.3) is 0 Å². The van der Waals surface area contributed by atoms with Gasteiger partial charge in [0.15, 0.2) is 31.5 Å². The van der Waals surface area contributed by atoms with Gasteiger partial charge < -0.3 is 109 Å². The maximum atomic E-state index is 11.6. The molecule has 0 aromatic carbocycles. The summed E-state index contributed by atoms with van der Waals surface area (Å²) < 4.78 is 56.8. The molecule has 5 heterocycles. The quantitative estimate of drug-likeness (QED) is 0.0773. The van der Waals surface area contributed by atoms with Gasteiger partial charge in [0, 0.05) is 0 Å². The number of hydrogen-bond acceptors (Lipinski definition) is 22. The fraction of sp³-hybridized carbons (Fsp3) is 0.935. The van der Waals surface area contributed by atoms with Crippen molar-refractivity contribution >= 4 is 0 Å². The summed E-state index contributed by atoms with van der Waals surface area (Å²) in [5.74, 6) is 0. The molecule has 5 fully saturated rings. The molecular formula is C31H52O22. The van der Waals surface area contributed by atoms with E-state index >= 15 is 0 Å². The van der Waals surface area contributed by atoms with Crippen LogP contribution in [0.25, 0.3) is 0 Å². The Balaban J connectivity index is 1.32. The minimum Gasteiger partial charge on any atom is -0.394 e. The van der Waals surface area contributed by atoms with Crippen LogP contribution in [-0.4, -0.2) is 229 Å². The molecule has 0 aliphatic carbocycles. The van der Waals surface area contributed by atoms with Gasteiger partial charge in [-0.1, -0.05) is 6.08 Å². The second kappa shape index (κ2) is 18.0. The van der Waals surface area contributed by atoms with Crippen LogP contribution in [-0.2, 0) is 47.4 Å². The van der Waals surface area contributed by atoms with Crippen LogP contribution >= 0.6 is 0 Å². The Morgan fingerprint density at radius 3 is 1.89 bits per heavy atom. The molecule has 0 unspecified atom stereocenters. The summed E-state index contributed by atoms with van der Waals surface area (Å²) in [7, 11) is 0. The molecule has 12 N–H and O–H groups in total. The van der Waals surface area contributed by atoms with Crippen LogP contribution in [0.15, 0.2) is 12.7 Å². The van der Waals surface area contributed by atoms with Crippen molar-refractivity contribution in [3.8, 4) is 0 Å². The zero-order chi connectivity index (χ0) is 38.9. The molecule has 308 valence electrons. The third-order valence-corrected chi connectivity index (χ3v) is 9.96. The number of ether oxygens (including phenoxy) is 10. The van der Waals surface area contributed by atoms with Crippen molar-refractivity contribution in [1.29, 1.82) is 0 Å². The third-order valence-electron chi connectivity index (χ3n) is 9.96. The van der Waals surface area contributed by atoms with Crippen molar-refractivity contribution in [3.05, 3.63) is 12.7 Å². The molecule has 5 aliphatic heterocycles. The molecule has 5 saturated heterocycles. The van der Waals surface area contributed by atoms with E-state index in [1.807, 2.05) is 0 Å². The second-order valence-corrected chi connectivity index (χ2v) is 13.8. The molecule has 0 aromatic heterocycles. The summed E-state index contributed by atoms with van der Waals surface area (Å²) in [5.41, 5.74) is -2.13. The minimum atomic E-state index is -2.13. The standard InChI is InChI=1S/C31H52O22/c1-4-5-44-29-24(18(38)14(34)10(2)47-29)53-28-21(41)23(52-30-25(42)31(43,8-33)9-46-30)22(11(3)48-28)51-26-19(39)16(36)13(7-45-26)50-27-20(40)17(37)15(35)12(6-32)49-27/h4,10-30,32-43H,1,5-9H2,2-3H3/t10-,11+,12-,13-,14+,15+,16+,17+,18+,19-,20-,21-,22+,23+,24-,25+,26+,27+,28+,29-,30+,31-/m1/s1. The van der Waals surface area contributed by atoms with Crippen molar-refractivity contribution in [2.75, 3.05) is 33.0 Å². The smallest absolute Gasteiger partial charge is 0.187 e. The molecule has 5 rings (SSSR count). The maximum absolute atomic E-state index is 11.6. The number of aliphatic hydroxyl groups excluding tert-OH is 11. The van der Waals surface area contributed by atoms with Crippen molar-refractivity contribution in [2.24, 2.45) is 0 Å². The lowest BCUT2D eigenvalue weighted by Crippen LogP contribution is -2.66. The van der Waals surface area contributed by atoms with Crippen LogP contribution in [0, 0.1) is 0 Å². The molecule has 53 heavy (non-hydrogen) atoms. The highest BCUT2D eigenvalue weighted by atomic mass is 16.8. The van der Waals surface area contributed by atoms with E-state index < -0.39 is 161 Å². The maximum Gasteiger partial charge on any atom is 0.187 e. The van der Waals surface area contributed by atoms with Crippen molar-refractivity contribution in [1.82, 2.24) is 0 Å². The average molecular weight is 777 g/mol. The zero-order valence-corrected chi connectivity index (χ0v) is 28.9. The van der Waals surface area contributed by atoms with E-state index in [1.165, 1.54) is 19.9 Å². The van der Waals surface area contributed by atoms with Gasteiger partial charge in [-0.15, -0.1) is 6.58 Å². The molecule has 0 aromatic rings. The van der Waals surface area contributed by atoms with Crippen LogP contribution in [0.3, 0.4) is 0 Å². The lowest BCUT2D eigenvalue weighted by atomic mass is 9.96. The first-order valence-electron chi connectivity index (χ1n) is 17.2. The van der Waals surface area contributed by atoms with E-state index in [9.17, 15) is 61.3 Å². The van der Waals surface area contributed by atoms with Gasteiger partial charge in [-0.05, 0) is 13.8 Å². The Morgan fingerprint density at radius 1 is 0.623 bits per heavy atom. The topological polar surface area (TPSA) is 335 Å². The van der Waals surface area contributed by atoms with Gasteiger partial charge in [-0.25, -0.2) is 0 Å². The molecule has 0 bridgehead atoms. The van der Waals surface area contributed by atoms with E-state index in [1.54, 1.807) is 0 Å². The SMILES string of the molecule is C=CCO[C@@H]1O[C@H](C)[C@H](O)[C@H](O)[C@H]1O[C@@H]1O[C@@H](C)[C@H](O[C@@H]2OC[C@@H](O[C@@H]3O[C@H](CO)[C@H](O)[C@H](O)[C@H]3O)[C@H](O)[C@H]2O)[C@@H](O[C@@H]2OC[C@](O)(CO)[C@H]2O)[C@H]1O. The number of rotatable bonds is 13. The Hall–Kier alpha value is -1.14. The van der Waals surface area contributed by atoms with Crippen molar-refractivity contribution < 1.29 is 109 Å². The van der Waals surface area contributed by atoms with E-state index in [0.717, 1.165) is 0 Å². The van der Waals surface area contributed by atoms with Crippen LogP contribution in [0.4, 0.5) is 0 Å². The number of hydrogen-bond donors (Lipinski definition) is 12. The largest absolute Gasteiger partial charge is 0.394 e. The highest BCUT2D eigenvalue weighted by Crippen LogP contribution is 2.36. The summed E-state index contributed by atoms with van der Waals surface area (Å²) in [6, 6.07) is 0. The van der Waals surface area contributed by atoms with Gasteiger partial charge in [0.1, 0.15) is 91.1 Å². The van der Waals surface area contributed by atoms with E-state index in [-0.39, 0.29) is 6.61 Å². The minimum absolute atomic E-state index is 0.0408. The normalized spacial score (nSPS) is 52.4. The van der Waals surface area contributed by atoms with Crippen LogP contribution in [0.2, 0.25) is 0 Å². The lowest BCUT2D eigenvalue weighted by Gasteiger charge is -2.49. The first-order valence-corrected chi connectivity index (χ1v) is 17.2. The first-order chi connectivity index (χ1) is 25.1. The van der Waals surface area contributed by atoms with Crippen molar-refractivity contribution in [3.63, 3.8) is 0 Å². The number of aliphatic hydroxyl groups is 12. The van der Waals surface area contributed by atoms with Crippen molar-refractivity contribution in [2.45, 2.75) is 149 Å². The predicted molar refractivity (Wildman–Crippen MR) is 166 cm³/mol. The Morgan fingerprint density at radius 2 is 1.25 bits per heavy atom. The second-order valence-electron chi connectivity index (χ2n) is 13.8. The summed E-state index contributed by atoms with van der Waals surface area (Å²) >= 11 is 0. The molecular weight excluding hydrogens is 724 g/mol. The summed E-state index contributed by atoms with van der Waals surface area (Å²) in [4.78, 5) is 0. The molecule has 22 atom stereocenters. The average Bonchev–Trinajstić information content (AvgIpc) is 3.42. The molecule has 0 spiro atoms. The summed E-state index contributed by atoms with van der Waals surface area (Å²) in [6.07, 6.45) is -31.5. The van der Waals surface area contributed by atoms with E-state index in [0.29, 0.717) is 0 Å². The Kier molecular flexibility index (Phi) is 14.6. The first kappa shape index (κ1) is 43.0. The Labute approximate surface area is 303 Å².